The summed E-state index contributed by atoms with van der Waals surface area (Å²) in [5, 5.41) is 8.40. The Morgan fingerprint density at radius 2 is 1.96 bits per heavy atom. The Kier molecular flexibility index (Phi) is 3.42. The van der Waals surface area contributed by atoms with Gasteiger partial charge in [-0.2, -0.15) is 5.10 Å². The third-order valence-electron chi connectivity index (χ3n) is 3.78. The fourth-order valence-electron chi connectivity index (χ4n) is 2.72. The van der Waals surface area contributed by atoms with E-state index in [-0.39, 0.29) is 0 Å². The molecule has 0 bridgehead atoms. The van der Waals surface area contributed by atoms with Gasteiger partial charge in [-0.1, -0.05) is 22.0 Å². The first-order valence-corrected chi connectivity index (χ1v) is 8.04. The molecule has 0 amide bonds. The molecule has 0 atom stereocenters. The van der Waals surface area contributed by atoms with Crippen LogP contribution in [0.2, 0.25) is 0 Å². The van der Waals surface area contributed by atoms with Crippen molar-refractivity contribution in [1.82, 2.24) is 20.2 Å². The zero-order valence-electron chi connectivity index (χ0n) is 12.4. The van der Waals surface area contributed by atoms with Gasteiger partial charge in [0.2, 0.25) is 0 Å². The predicted molar refractivity (Wildman–Crippen MR) is 95.0 cm³/mol. The number of H-pyrrole nitrogens is 1. The smallest absolute Gasteiger partial charge is 0.0913 e. The first-order chi connectivity index (χ1) is 11.2. The molecule has 0 unspecified atom stereocenters. The van der Waals surface area contributed by atoms with Crippen LogP contribution in [0.4, 0.5) is 0 Å². The summed E-state index contributed by atoms with van der Waals surface area (Å²) in [5.41, 5.74) is 5.84. The maximum absolute atomic E-state index is 4.60. The molecule has 4 aromatic rings. The molecule has 0 saturated carbocycles. The third-order valence-corrected chi connectivity index (χ3v) is 4.27. The third kappa shape index (κ3) is 2.53. The standard InChI is InChI=1S/C18H13BrN4/c1-11-3-2-4-17(22-11)18-15(10-21-23-18)13-7-8-20-16-6-5-12(19)9-14(13)16/h2-10H,1H3,(H,21,23). The highest BCUT2D eigenvalue weighted by atomic mass is 79.9. The number of hydrogen-bond acceptors (Lipinski definition) is 3. The molecule has 0 aliphatic heterocycles. The number of benzene rings is 1. The number of fused-ring (bicyclic) bond motifs is 1. The topological polar surface area (TPSA) is 54.5 Å². The highest BCUT2D eigenvalue weighted by molar-refractivity contribution is 9.10. The van der Waals surface area contributed by atoms with Crippen molar-refractivity contribution in [2.24, 2.45) is 0 Å². The van der Waals surface area contributed by atoms with Crippen molar-refractivity contribution in [1.29, 1.82) is 0 Å². The minimum absolute atomic E-state index is 0.887. The first-order valence-electron chi connectivity index (χ1n) is 7.24. The van der Waals surface area contributed by atoms with Crippen molar-refractivity contribution in [3.63, 3.8) is 0 Å². The van der Waals surface area contributed by atoms with Gasteiger partial charge >= 0.3 is 0 Å². The number of aromatic nitrogens is 4. The molecule has 0 spiro atoms. The number of nitrogens with one attached hydrogen (secondary N) is 1. The molecule has 1 aromatic carbocycles. The second-order valence-electron chi connectivity index (χ2n) is 5.34. The lowest BCUT2D eigenvalue weighted by Crippen LogP contribution is -1.90. The van der Waals surface area contributed by atoms with Gasteiger partial charge in [-0.25, -0.2) is 0 Å². The van der Waals surface area contributed by atoms with Gasteiger partial charge in [0.25, 0.3) is 0 Å². The van der Waals surface area contributed by atoms with Crippen LogP contribution in [0.5, 0.6) is 0 Å². The van der Waals surface area contributed by atoms with Crippen LogP contribution in [0.3, 0.4) is 0 Å². The van der Waals surface area contributed by atoms with Gasteiger partial charge in [0.05, 0.1) is 23.1 Å². The molecule has 3 aromatic heterocycles. The molecule has 0 aliphatic rings. The quantitative estimate of drug-likeness (QED) is 0.557. The molecule has 112 valence electrons. The molecular weight excluding hydrogens is 352 g/mol. The molecule has 4 rings (SSSR count). The van der Waals surface area contributed by atoms with E-state index < -0.39 is 0 Å². The maximum atomic E-state index is 4.60. The largest absolute Gasteiger partial charge is 0.276 e. The Bertz CT molecular complexity index is 1010. The highest BCUT2D eigenvalue weighted by Gasteiger charge is 2.14. The van der Waals surface area contributed by atoms with Crippen LogP contribution in [-0.4, -0.2) is 20.2 Å². The Morgan fingerprint density at radius 3 is 2.83 bits per heavy atom. The molecule has 0 aliphatic carbocycles. The second-order valence-corrected chi connectivity index (χ2v) is 6.26. The summed E-state index contributed by atoms with van der Waals surface area (Å²) < 4.78 is 1.03. The molecule has 4 nitrogen and oxygen atoms in total. The van der Waals surface area contributed by atoms with E-state index in [9.17, 15) is 0 Å². The van der Waals surface area contributed by atoms with Crippen LogP contribution < -0.4 is 0 Å². The first kappa shape index (κ1) is 14.1. The number of aromatic amines is 1. The summed E-state index contributed by atoms with van der Waals surface area (Å²) >= 11 is 3.54. The number of nitrogens with zero attached hydrogens (tertiary/aromatic N) is 3. The van der Waals surface area contributed by atoms with E-state index in [1.807, 2.05) is 55.7 Å². The molecule has 1 N–H and O–H groups in total. The van der Waals surface area contributed by atoms with Crippen LogP contribution in [0.1, 0.15) is 5.69 Å². The second kappa shape index (κ2) is 5.59. The highest BCUT2D eigenvalue weighted by Crippen LogP contribution is 2.34. The summed E-state index contributed by atoms with van der Waals surface area (Å²) in [5.74, 6) is 0. The summed E-state index contributed by atoms with van der Waals surface area (Å²) in [6.07, 6.45) is 3.67. The lowest BCUT2D eigenvalue weighted by Gasteiger charge is -2.07. The SMILES string of the molecule is Cc1cccc(-c2[nH]ncc2-c2ccnc3ccc(Br)cc23)n1. The average molecular weight is 365 g/mol. The van der Waals surface area contributed by atoms with Crippen LogP contribution in [0.15, 0.2) is 59.3 Å². The molecule has 0 radical (unpaired) electrons. The minimum Gasteiger partial charge on any atom is -0.276 e. The van der Waals surface area contributed by atoms with Crippen LogP contribution in [0.25, 0.3) is 33.4 Å². The number of pyridine rings is 2. The van der Waals surface area contributed by atoms with Gasteiger partial charge in [-0.05, 0) is 48.9 Å². The summed E-state index contributed by atoms with van der Waals surface area (Å²) in [6, 6.07) is 14.1. The molecule has 0 fully saturated rings. The zero-order valence-corrected chi connectivity index (χ0v) is 14.0. The Labute approximate surface area is 141 Å². The van der Waals surface area contributed by atoms with Gasteiger partial charge in [-0.15, -0.1) is 0 Å². The summed E-state index contributed by atoms with van der Waals surface area (Å²) in [7, 11) is 0. The predicted octanol–water partition coefficient (Wildman–Crippen LogP) is 4.76. The van der Waals surface area contributed by atoms with Crippen LogP contribution in [0, 0.1) is 6.92 Å². The van der Waals surface area contributed by atoms with Crippen molar-refractivity contribution in [2.45, 2.75) is 6.92 Å². The van der Waals surface area contributed by atoms with Crippen LogP contribution >= 0.6 is 15.9 Å². The number of hydrogen-bond donors (Lipinski definition) is 1. The van der Waals surface area contributed by atoms with Gasteiger partial charge in [-0.3, -0.25) is 15.1 Å². The van der Waals surface area contributed by atoms with E-state index in [1.165, 1.54) is 0 Å². The lowest BCUT2D eigenvalue weighted by molar-refractivity contribution is 1.08. The van der Waals surface area contributed by atoms with Crippen molar-refractivity contribution in [3.8, 4) is 22.5 Å². The van der Waals surface area contributed by atoms with E-state index in [4.69, 9.17) is 0 Å². The number of aryl methyl sites for hydroxylation is 1. The fourth-order valence-corrected chi connectivity index (χ4v) is 3.08. The van der Waals surface area contributed by atoms with Crippen molar-refractivity contribution in [3.05, 3.63) is 65.0 Å². The lowest BCUT2D eigenvalue weighted by atomic mass is 10.0. The molecule has 3 heterocycles. The molecule has 23 heavy (non-hydrogen) atoms. The van der Waals surface area contributed by atoms with E-state index in [2.05, 4.69) is 42.2 Å². The summed E-state index contributed by atoms with van der Waals surface area (Å²) in [6.45, 7) is 1.98. The van der Waals surface area contributed by atoms with Crippen LogP contribution in [-0.2, 0) is 0 Å². The van der Waals surface area contributed by atoms with Gasteiger partial charge < -0.3 is 0 Å². The molecule has 5 heteroatoms. The van der Waals surface area contributed by atoms with E-state index in [0.717, 1.165) is 43.6 Å². The van der Waals surface area contributed by atoms with E-state index in [0.29, 0.717) is 0 Å². The maximum Gasteiger partial charge on any atom is 0.0913 e. The Balaban J connectivity index is 1.97. The van der Waals surface area contributed by atoms with Gasteiger partial charge in [0.15, 0.2) is 0 Å². The number of halogens is 1. The zero-order chi connectivity index (χ0) is 15.8. The minimum atomic E-state index is 0.887. The molecule has 0 saturated heterocycles. The van der Waals surface area contributed by atoms with E-state index in [1.54, 1.807) is 0 Å². The Hall–Kier alpha value is -2.53. The molecular formula is C18H13BrN4. The van der Waals surface area contributed by atoms with Gasteiger partial charge in [0.1, 0.15) is 0 Å². The summed E-state index contributed by atoms with van der Waals surface area (Å²) in [4.78, 5) is 9.05. The average Bonchev–Trinajstić information content (AvgIpc) is 3.03. The van der Waals surface area contributed by atoms with E-state index >= 15 is 0 Å². The fraction of sp³-hybridized carbons (Fsp3) is 0.0556. The van der Waals surface area contributed by atoms with Crippen molar-refractivity contribution in [2.75, 3.05) is 0 Å². The normalized spacial score (nSPS) is 11.0. The van der Waals surface area contributed by atoms with Gasteiger partial charge in [0, 0.05) is 27.3 Å². The van der Waals surface area contributed by atoms with Crippen molar-refractivity contribution < 1.29 is 0 Å². The van der Waals surface area contributed by atoms with Crippen molar-refractivity contribution >= 4 is 26.8 Å². The monoisotopic (exact) mass is 364 g/mol. The number of rotatable bonds is 2. The Morgan fingerprint density at radius 1 is 1.04 bits per heavy atom.